The molecule has 1 rings (SSSR count). The minimum atomic E-state index is -4.18. The van der Waals surface area contributed by atoms with Gasteiger partial charge in [0.05, 0.1) is 4.90 Å². The van der Waals surface area contributed by atoms with E-state index < -0.39 is 14.9 Å². The maximum atomic E-state index is 10.9. The lowest BCUT2D eigenvalue weighted by Gasteiger charge is -1.96. The third-order valence-electron chi connectivity index (χ3n) is 1.04. The molecule has 0 amide bonds. The summed E-state index contributed by atoms with van der Waals surface area (Å²) in [6.07, 6.45) is 0. The third kappa shape index (κ3) is 2.72. The maximum absolute atomic E-state index is 10.9. The van der Waals surface area contributed by atoms with Gasteiger partial charge in [0.1, 0.15) is 0 Å². The lowest BCUT2D eigenvalue weighted by Crippen LogP contribution is -1.88. The normalized spacial score (nSPS) is 11.4. The van der Waals surface area contributed by atoms with Crippen LogP contribution >= 0.6 is 10.8 Å². The Balaban J connectivity index is 2.98. The van der Waals surface area contributed by atoms with E-state index in [9.17, 15) is 13.5 Å². The summed E-state index contributed by atoms with van der Waals surface area (Å²) in [5.74, 6) is -0.417. The fraction of sp³-hybridized carbons (Fsp3) is 0. The van der Waals surface area contributed by atoms with Crippen molar-refractivity contribution in [2.45, 2.75) is 4.90 Å². The molecule has 0 fully saturated rings. The molecule has 0 unspecified atom stereocenters. The van der Waals surface area contributed by atoms with Crippen LogP contribution in [0.5, 0.6) is 5.75 Å². The molecule has 0 saturated carbocycles. The Kier molecular flexibility index (Phi) is 2.61. The number of hydrogen-bond donors (Lipinski definition) is 1. The van der Waals surface area contributed by atoms with Crippen molar-refractivity contribution in [3.63, 3.8) is 0 Å². The zero-order valence-corrected chi connectivity index (χ0v) is 7.43. The molecule has 1 radical (unpaired) electrons. The Morgan fingerprint density at radius 1 is 1.25 bits per heavy atom. The summed E-state index contributed by atoms with van der Waals surface area (Å²) >= 11 is 0. The van der Waals surface area contributed by atoms with Crippen LogP contribution in [0.25, 0.3) is 0 Å². The molecule has 0 saturated heterocycles. The summed E-state index contributed by atoms with van der Waals surface area (Å²) < 4.78 is 29.1. The molecule has 0 bridgehead atoms. The van der Waals surface area contributed by atoms with Crippen molar-refractivity contribution in [3.8, 4) is 5.75 Å². The van der Waals surface area contributed by atoms with Crippen LogP contribution in [-0.4, -0.2) is 13.0 Å². The first-order valence-electron chi connectivity index (χ1n) is 2.92. The molecule has 0 atom stereocenters. The minimum Gasteiger partial charge on any atom is -0.289 e. The van der Waals surface area contributed by atoms with E-state index in [2.05, 4.69) is 0 Å². The summed E-state index contributed by atoms with van der Waals surface area (Å²) in [4.78, 5) is 0.000000000000000444. The fourth-order valence-corrected chi connectivity index (χ4v) is 2.24. The Bertz CT molecular complexity index is 371. The highest BCUT2D eigenvalue weighted by Gasteiger charge is 2.11. The number of benzene rings is 1. The Labute approximate surface area is 73.4 Å². The predicted molar refractivity (Wildman–Crippen MR) is 44.0 cm³/mol. The van der Waals surface area contributed by atoms with Gasteiger partial charge in [-0.3, -0.25) is 9.66 Å². The van der Waals surface area contributed by atoms with Crippen LogP contribution in [0.2, 0.25) is 0 Å². The van der Waals surface area contributed by atoms with Crippen molar-refractivity contribution in [1.82, 2.24) is 0 Å². The van der Waals surface area contributed by atoms with Gasteiger partial charge in [0.25, 0.3) is 0 Å². The van der Waals surface area contributed by atoms with Gasteiger partial charge in [0.2, 0.25) is 0 Å². The average Bonchev–Trinajstić information content (AvgIpc) is 1.91. The Hall–Kier alpha value is -0.720. The summed E-state index contributed by atoms with van der Waals surface area (Å²) in [6, 6.07) is 5.58. The van der Waals surface area contributed by atoms with E-state index in [0.717, 1.165) is 0 Å². The largest absolute Gasteiger partial charge is 0.324 e. The lowest BCUT2D eigenvalue weighted by atomic mass is 10.3. The first-order chi connectivity index (χ1) is 5.49. The second-order valence-corrected chi connectivity index (χ2v) is 5.18. The summed E-state index contributed by atoms with van der Waals surface area (Å²) in [5.41, 5.74) is 0. The van der Waals surface area contributed by atoms with E-state index in [0.29, 0.717) is 0 Å². The van der Waals surface area contributed by atoms with Crippen LogP contribution in [0.1, 0.15) is 0 Å². The van der Waals surface area contributed by atoms with Crippen LogP contribution in [0, 0.1) is 0 Å². The molecule has 0 heterocycles. The van der Waals surface area contributed by atoms with Gasteiger partial charge < -0.3 is 0 Å². The SMILES string of the molecule is [O]c1ccccc1SS(=O)(=O)O. The van der Waals surface area contributed by atoms with Crippen molar-refractivity contribution in [3.05, 3.63) is 24.3 Å². The zero-order chi connectivity index (χ0) is 9.19. The summed E-state index contributed by atoms with van der Waals surface area (Å²) in [6.45, 7) is 0. The molecule has 12 heavy (non-hydrogen) atoms. The van der Waals surface area contributed by atoms with Gasteiger partial charge in [-0.15, -0.1) is 0 Å². The molecular weight excluding hydrogens is 200 g/mol. The van der Waals surface area contributed by atoms with Crippen LogP contribution in [0.3, 0.4) is 0 Å². The topological polar surface area (TPSA) is 74.3 Å². The standard InChI is InChI=1S/C6H5O4S2/c7-5-3-1-2-4-6(5)11-12(8,9)10/h1-4H,(H,8,9,10). The van der Waals surface area contributed by atoms with Gasteiger partial charge in [0, 0.05) is 10.8 Å². The van der Waals surface area contributed by atoms with Crippen molar-refractivity contribution < 1.29 is 18.1 Å². The molecule has 4 nitrogen and oxygen atoms in total. The van der Waals surface area contributed by atoms with Crippen molar-refractivity contribution in [1.29, 1.82) is 0 Å². The van der Waals surface area contributed by atoms with E-state index in [1.807, 2.05) is 0 Å². The van der Waals surface area contributed by atoms with Gasteiger partial charge in [-0.05, 0) is 12.1 Å². The van der Waals surface area contributed by atoms with Crippen molar-refractivity contribution >= 4 is 19.9 Å². The molecule has 0 aliphatic rings. The third-order valence-corrected chi connectivity index (χ3v) is 2.94. The van der Waals surface area contributed by atoms with E-state index >= 15 is 0 Å². The number of para-hydroxylation sites is 1. The summed E-state index contributed by atoms with van der Waals surface area (Å²) in [5, 5.41) is 10.9. The van der Waals surface area contributed by atoms with Gasteiger partial charge in [-0.1, -0.05) is 12.1 Å². The second-order valence-electron chi connectivity index (χ2n) is 1.96. The molecule has 1 aromatic rings. The first-order valence-corrected chi connectivity index (χ1v) is 5.69. The highest BCUT2D eigenvalue weighted by Crippen LogP contribution is 2.31. The van der Waals surface area contributed by atoms with Crippen molar-refractivity contribution in [2.24, 2.45) is 0 Å². The van der Waals surface area contributed by atoms with Gasteiger partial charge >= 0.3 is 9.15 Å². The Morgan fingerprint density at radius 2 is 1.83 bits per heavy atom. The quantitative estimate of drug-likeness (QED) is 0.589. The molecule has 0 aromatic heterocycles. The van der Waals surface area contributed by atoms with E-state index in [1.165, 1.54) is 24.3 Å². The smallest absolute Gasteiger partial charge is 0.289 e. The Morgan fingerprint density at radius 3 is 2.33 bits per heavy atom. The van der Waals surface area contributed by atoms with Gasteiger partial charge in [-0.25, -0.2) is 0 Å². The molecule has 0 aliphatic heterocycles. The molecule has 1 aromatic carbocycles. The number of rotatable bonds is 2. The fourth-order valence-electron chi connectivity index (χ4n) is 0.632. The van der Waals surface area contributed by atoms with Crippen molar-refractivity contribution in [2.75, 3.05) is 0 Å². The van der Waals surface area contributed by atoms with E-state index in [-0.39, 0.29) is 15.7 Å². The second kappa shape index (κ2) is 3.34. The summed E-state index contributed by atoms with van der Waals surface area (Å²) in [7, 11) is -4.04. The zero-order valence-electron chi connectivity index (χ0n) is 5.80. The minimum absolute atomic E-state index is 0.000000000000000444. The molecule has 0 aliphatic carbocycles. The van der Waals surface area contributed by atoms with Crippen LogP contribution in [0.15, 0.2) is 29.2 Å². The van der Waals surface area contributed by atoms with Gasteiger partial charge in [-0.2, -0.15) is 8.42 Å². The molecule has 6 heteroatoms. The van der Waals surface area contributed by atoms with Crippen LogP contribution in [0.4, 0.5) is 0 Å². The lowest BCUT2D eigenvalue weighted by molar-refractivity contribution is 0.344. The average molecular weight is 205 g/mol. The van der Waals surface area contributed by atoms with Crippen LogP contribution < -0.4 is 0 Å². The highest BCUT2D eigenvalue weighted by atomic mass is 33.1. The highest BCUT2D eigenvalue weighted by molar-refractivity contribution is 8.70. The predicted octanol–water partition coefficient (Wildman–Crippen LogP) is 1.73. The van der Waals surface area contributed by atoms with E-state index in [4.69, 9.17) is 4.55 Å². The first kappa shape index (κ1) is 9.37. The molecular formula is C6H5O4S2. The molecule has 65 valence electrons. The van der Waals surface area contributed by atoms with Gasteiger partial charge in [0.15, 0.2) is 5.75 Å². The number of hydrogen-bond acceptors (Lipinski definition) is 3. The van der Waals surface area contributed by atoms with Crippen LogP contribution in [-0.2, 0) is 14.3 Å². The van der Waals surface area contributed by atoms with E-state index in [1.54, 1.807) is 0 Å². The molecule has 1 N–H and O–H groups in total. The monoisotopic (exact) mass is 205 g/mol. The maximum Gasteiger partial charge on any atom is 0.324 e. The molecule has 0 spiro atoms.